The smallest absolute Gasteiger partial charge is 0.361 e. The average Bonchev–Trinajstić information content (AvgIpc) is 3.44. The lowest BCUT2D eigenvalue weighted by Crippen LogP contribution is -2.33. The fraction of sp³-hybridized carbons (Fsp3) is 0.300. The minimum Gasteiger partial charge on any atom is -0.361 e. The molecule has 3 nitrogen and oxygen atoms in total. The second-order valence-electron chi connectivity index (χ2n) is 10.4. The Morgan fingerprint density at radius 3 is 2.65 bits per heavy atom. The van der Waals surface area contributed by atoms with E-state index < -0.39 is 11.7 Å². The van der Waals surface area contributed by atoms with Gasteiger partial charge in [0.1, 0.15) is 0 Å². The molecule has 0 atom stereocenters. The van der Waals surface area contributed by atoms with Crippen LogP contribution in [0.3, 0.4) is 0 Å². The molecule has 4 aromatic rings. The molecule has 1 aromatic heterocycles. The van der Waals surface area contributed by atoms with E-state index in [4.69, 9.17) is 11.6 Å². The number of amides is 1. The van der Waals surface area contributed by atoms with E-state index in [9.17, 15) is 18.0 Å². The number of H-pyrrole nitrogens is 1. The van der Waals surface area contributed by atoms with Gasteiger partial charge in [-0.2, -0.15) is 13.2 Å². The van der Waals surface area contributed by atoms with E-state index in [2.05, 4.69) is 37.0 Å². The van der Waals surface area contributed by atoms with E-state index in [1.165, 1.54) is 17.2 Å². The summed E-state index contributed by atoms with van der Waals surface area (Å²) in [6, 6.07) is 16.9. The van der Waals surface area contributed by atoms with Crippen LogP contribution in [-0.2, 0) is 31.0 Å². The van der Waals surface area contributed by atoms with Crippen molar-refractivity contribution in [3.05, 3.63) is 105 Å². The molecule has 0 unspecified atom stereocenters. The van der Waals surface area contributed by atoms with Gasteiger partial charge in [0.25, 0.3) is 5.91 Å². The van der Waals surface area contributed by atoms with Crippen molar-refractivity contribution in [1.29, 1.82) is 0 Å². The zero-order valence-corrected chi connectivity index (χ0v) is 21.5. The average molecular weight is 525 g/mol. The fourth-order valence-corrected chi connectivity index (χ4v) is 5.54. The van der Waals surface area contributed by atoms with Gasteiger partial charge >= 0.3 is 6.18 Å². The third-order valence-electron chi connectivity index (χ3n) is 7.36. The van der Waals surface area contributed by atoms with Crippen LogP contribution in [0.5, 0.6) is 0 Å². The van der Waals surface area contributed by atoms with Crippen molar-refractivity contribution >= 4 is 28.4 Å². The first-order chi connectivity index (χ1) is 17.5. The number of hydrogen-bond donors (Lipinski definition) is 1. The standard InChI is InChI=1S/C30H28ClF3N2O/c1-29(2)11-8-21-14-20(6-7-26(21)29)18-36(13-10-19-4-3-5-23(15-19)30(32,33)34)28(37)25-17-24(31)16-22-9-12-35-27(22)25/h3-7,9,12,14-17,35H,8,10-11,13,18H2,1-2H3. The maximum absolute atomic E-state index is 13.9. The van der Waals surface area contributed by atoms with Crippen molar-refractivity contribution in [3.8, 4) is 0 Å². The number of aromatic nitrogens is 1. The van der Waals surface area contributed by atoms with Crippen LogP contribution >= 0.6 is 11.6 Å². The number of carbonyl (C=O) groups is 1. The van der Waals surface area contributed by atoms with Gasteiger partial charge in [-0.1, -0.05) is 61.8 Å². The molecule has 0 spiro atoms. The molecule has 192 valence electrons. The number of nitrogens with zero attached hydrogens (tertiary/aromatic N) is 1. The number of hydrogen-bond acceptors (Lipinski definition) is 1. The van der Waals surface area contributed by atoms with Gasteiger partial charge in [0.05, 0.1) is 16.6 Å². The Balaban J connectivity index is 1.46. The molecular formula is C30H28ClF3N2O. The van der Waals surface area contributed by atoms with Gasteiger partial charge in [-0.05, 0) is 71.2 Å². The van der Waals surface area contributed by atoms with E-state index in [1.807, 2.05) is 6.07 Å². The van der Waals surface area contributed by atoms with Crippen LogP contribution in [-0.4, -0.2) is 22.3 Å². The first kappa shape index (κ1) is 25.4. The van der Waals surface area contributed by atoms with Crippen LogP contribution in [0.25, 0.3) is 10.9 Å². The summed E-state index contributed by atoms with van der Waals surface area (Å²) >= 11 is 6.32. The molecule has 0 saturated heterocycles. The van der Waals surface area contributed by atoms with E-state index >= 15 is 0 Å². The van der Waals surface area contributed by atoms with E-state index in [1.54, 1.807) is 29.3 Å². The van der Waals surface area contributed by atoms with Crippen LogP contribution in [0.15, 0.2) is 66.9 Å². The molecule has 7 heteroatoms. The Morgan fingerprint density at radius 1 is 1.05 bits per heavy atom. The maximum Gasteiger partial charge on any atom is 0.416 e. The van der Waals surface area contributed by atoms with Crippen molar-refractivity contribution in [2.45, 2.75) is 51.2 Å². The molecule has 1 amide bonds. The number of halogens is 4. The van der Waals surface area contributed by atoms with Crippen molar-refractivity contribution in [2.75, 3.05) is 6.54 Å². The molecular weight excluding hydrogens is 497 g/mol. The van der Waals surface area contributed by atoms with Crippen molar-refractivity contribution in [3.63, 3.8) is 0 Å². The molecule has 1 N–H and O–H groups in total. The predicted molar refractivity (Wildman–Crippen MR) is 141 cm³/mol. The van der Waals surface area contributed by atoms with Gasteiger partial charge in [0.15, 0.2) is 0 Å². The first-order valence-corrected chi connectivity index (χ1v) is 12.7. The van der Waals surface area contributed by atoms with Crippen molar-refractivity contribution < 1.29 is 18.0 Å². The first-order valence-electron chi connectivity index (χ1n) is 12.4. The topological polar surface area (TPSA) is 36.1 Å². The zero-order chi connectivity index (χ0) is 26.4. The molecule has 1 aliphatic carbocycles. The minimum absolute atomic E-state index is 0.132. The quantitative estimate of drug-likeness (QED) is 0.273. The largest absolute Gasteiger partial charge is 0.416 e. The van der Waals surface area contributed by atoms with Gasteiger partial charge in [-0.25, -0.2) is 0 Å². The third-order valence-corrected chi connectivity index (χ3v) is 7.58. The Morgan fingerprint density at radius 2 is 1.86 bits per heavy atom. The van der Waals surface area contributed by atoms with Gasteiger partial charge in [-0.3, -0.25) is 4.79 Å². The Kier molecular flexibility index (Phi) is 6.57. The molecule has 0 radical (unpaired) electrons. The van der Waals surface area contributed by atoms with E-state index in [0.29, 0.717) is 34.6 Å². The van der Waals surface area contributed by atoms with Crippen molar-refractivity contribution in [1.82, 2.24) is 9.88 Å². The van der Waals surface area contributed by atoms with Gasteiger partial charge < -0.3 is 9.88 Å². The Hall–Kier alpha value is -3.25. The Bertz CT molecular complexity index is 1470. The molecule has 1 aliphatic rings. The van der Waals surface area contributed by atoms with Crippen LogP contribution in [0.1, 0.15) is 58.4 Å². The number of aryl methyl sites for hydroxylation is 1. The van der Waals surface area contributed by atoms with Crippen LogP contribution in [0.2, 0.25) is 5.02 Å². The second kappa shape index (κ2) is 9.56. The summed E-state index contributed by atoms with van der Waals surface area (Å²) in [6.07, 6.45) is -0.290. The highest BCUT2D eigenvalue weighted by Gasteiger charge is 2.31. The second-order valence-corrected chi connectivity index (χ2v) is 10.9. The number of fused-ring (bicyclic) bond motifs is 2. The summed E-state index contributed by atoms with van der Waals surface area (Å²) in [4.78, 5) is 18.7. The lowest BCUT2D eigenvalue weighted by molar-refractivity contribution is -0.137. The predicted octanol–water partition coefficient (Wildman–Crippen LogP) is 7.95. The number of rotatable bonds is 6. The number of nitrogens with one attached hydrogen (secondary N) is 1. The highest BCUT2D eigenvalue weighted by atomic mass is 35.5. The third kappa shape index (κ3) is 5.26. The number of benzene rings is 3. The van der Waals surface area contributed by atoms with Gasteiger partial charge in [-0.15, -0.1) is 0 Å². The van der Waals surface area contributed by atoms with E-state index in [0.717, 1.165) is 35.9 Å². The zero-order valence-electron chi connectivity index (χ0n) is 20.8. The SMILES string of the molecule is CC1(C)CCc2cc(CN(CCc3cccc(C(F)(F)F)c3)C(=O)c3cc(Cl)cc4cc[nH]c34)ccc21. The molecule has 1 heterocycles. The maximum atomic E-state index is 13.9. The van der Waals surface area contributed by atoms with Gasteiger partial charge in [0.2, 0.25) is 0 Å². The lowest BCUT2D eigenvalue weighted by atomic mass is 9.86. The van der Waals surface area contributed by atoms with E-state index in [-0.39, 0.29) is 17.9 Å². The number of alkyl halides is 3. The minimum atomic E-state index is -4.41. The molecule has 0 bridgehead atoms. The molecule has 0 saturated carbocycles. The molecule has 0 fully saturated rings. The fourth-order valence-electron chi connectivity index (χ4n) is 5.31. The monoisotopic (exact) mass is 524 g/mol. The lowest BCUT2D eigenvalue weighted by Gasteiger charge is -2.25. The van der Waals surface area contributed by atoms with Crippen LogP contribution in [0.4, 0.5) is 13.2 Å². The Labute approximate surface area is 219 Å². The summed E-state index contributed by atoms with van der Waals surface area (Å²) < 4.78 is 39.7. The summed E-state index contributed by atoms with van der Waals surface area (Å²) in [7, 11) is 0. The summed E-state index contributed by atoms with van der Waals surface area (Å²) in [6.45, 7) is 5.09. The number of aromatic amines is 1. The summed E-state index contributed by atoms with van der Waals surface area (Å²) in [5.74, 6) is -0.220. The van der Waals surface area contributed by atoms with Crippen LogP contribution < -0.4 is 0 Å². The number of carbonyl (C=O) groups excluding carboxylic acids is 1. The molecule has 0 aliphatic heterocycles. The normalized spacial score (nSPS) is 14.6. The molecule has 37 heavy (non-hydrogen) atoms. The summed E-state index contributed by atoms with van der Waals surface area (Å²) in [5, 5.41) is 1.28. The summed E-state index contributed by atoms with van der Waals surface area (Å²) in [5.41, 5.74) is 4.73. The highest BCUT2D eigenvalue weighted by molar-refractivity contribution is 6.32. The highest BCUT2D eigenvalue weighted by Crippen LogP contribution is 2.38. The van der Waals surface area contributed by atoms with Gasteiger partial charge in [0, 0.05) is 29.7 Å². The molecule has 3 aromatic carbocycles. The van der Waals surface area contributed by atoms with Crippen molar-refractivity contribution in [2.24, 2.45) is 0 Å². The molecule has 5 rings (SSSR count). The van der Waals surface area contributed by atoms with Crippen LogP contribution in [0, 0.1) is 0 Å².